The summed E-state index contributed by atoms with van der Waals surface area (Å²) < 4.78 is 0. The van der Waals surface area contributed by atoms with E-state index in [4.69, 9.17) is 16.9 Å². The lowest BCUT2D eigenvalue weighted by Crippen LogP contribution is -2.44. The molecule has 0 aliphatic carbocycles. The molecule has 154 valence electrons. The molecule has 30 heavy (non-hydrogen) atoms. The maximum Gasteiger partial charge on any atom is 0.253 e. The van der Waals surface area contributed by atoms with Crippen LogP contribution in [0, 0.1) is 17.2 Å². The molecule has 2 amide bonds. The minimum atomic E-state index is -0.0726. The highest BCUT2D eigenvalue weighted by Gasteiger charge is 2.32. The fourth-order valence-corrected chi connectivity index (χ4v) is 4.57. The molecule has 2 aromatic carbocycles. The van der Waals surface area contributed by atoms with Gasteiger partial charge in [-0.15, -0.1) is 0 Å². The lowest BCUT2D eigenvalue weighted by Gasteiger charge is -2.34. The van der Waals surface area contributed by atoms with E-state index in [2.05, 4.69) is 6.07 Å². The summed E-state index contributed by atoms with van der Waals surface area (Å²) in [5, 5.41) is 9.62. The van der Waals surface area contributed by atoms with Gasteiger partial charge in [0.2, 0.25) is 5.91 Å². The summed E-state index contributed by atoms with van der Waals surface area (Å²) in [6.07, 6.45) is 4.31. The van der Waals surface area contributed by atoms with Gasteiger partial charge >= 0.3 is 0 Å². The molecule has 4 rings (SSSR count). The number of carbonyl (C=O) groups excluding carboxylic acids is 2. The SMILES string of the molecule is N#Cc1ccc(C(=O)N2CCC(C(=O)N3CCCCc4cc(Cl)ccc43)CC2)cc1. The number of carbonyl (C=O) groups is 2. The third-order valence-corrected chi connectivity index (χ3v) is 6.30. The lowest BCUT2D eigenvalue weighted by molar-refractivity contribution is -0.123. The topological polar surface area (TPSA) is 64.4 Å². The first-order valence-electron chi connectivity index (χ1n) is 10.5. The zero-order valence-corrected chi connectivity index (χ0v) is 17.6. The van der Waals surface area contributed by atoms with Crippen molar-refractivity contribution in [2.24, 2.45) is 5.92 Å². The van der Waals surface area contributed by atoms with Crippen LogP contribution in [-0.4, -0.2) is 36.3 Å². The monoisotopic (exact) mass is 421 g/mol. The first-order valence-corrected chi connectivity index (χ1v) is 10.8. The van der Waals surface area contributed by atoms with Crippen molar-refractivity contribution in [2.45, 2.75) is 32.1 Å². The Morgan fingerprint density at radius 2 is 1.73 bits per heavy atom. The fourth-order valence-electron chi connectivity index (χ4n) is 4.37. The van der Waals surface area contributed by atoms with Crippen LogP contribution in [0.3, 0.4) is 0 Å². The predicted molar refractivity (Wildman–Crippen MR) is 117 cm³/mol. The number of halogens is 1. The first kappa shape index (κ1) is 20.4. The summed E-state index contributed by atoms with van der Waals surface area (Å²) in [5.74, 6) is 0.0442. The van der Waals surface area contributed by atoms with Crippen molar-refractivity contribution < 1.29 is 9.59 Å². The zero-order valence-electron chi connectivity index (χ0n) is 16.8. The molecule has 2 aliphatic heterocycles. The van der Waals surface area contributed by atoms with Crippen LogP contribution in [-0.2, 0) is 11.2 Å². The van der Waals surface area contributed by atoms with E-state index in [9.17, 15) is 9.59 Å². The molecule has 0 aromatic heterocycles. The summed E-state index contributed by atoms with van der Waals surface area (Å²) in [7, 11) is 0. The molecule has 1 fully saturated rings. The Labute approximate surface area is 181 Å². The van der Waals surface area contributed by atoms with Gasteiger partial charge in [-0.3, -0.25) is 9.59 Å². The van der Waals surface area contributed by atoms with Gasteiger partial charge in [0.25, 0.3) is 5.91 Å². The van der Waals surface area contributed by atoms with E-state index >= 15 is 0 Å². The zero-order chi connectivity index (χ0) is 21.1. The van der Waals surface area contributed by atoms with Crippen molar-refractivity contribution in [2.75, 3.05) is 24.5 Å². The van der Waals surface area contributed by atoms with Crippen LogP contribution in [0.2, 0.25) is 5.02 Å². The quantitative estimate of drug-likeness (QED) is 0.720. The Morgan fingerprint density at radius 3 is 2.43 bits per heavy atom. The number of likely N-dealkylation sites (tertiary alicyclic amines) is 1. The summed E-state index contributed by atoms with van der Waals surface area (Å²) in [4.78, 5) is 29.8. The van der Waals surface area contributed by atoms with Gasteiger partial charge in [-0.2, -0.15) is 5.26 Å². The molecule has 0 bridgehead atoms. The van der Waals surface area contributed by atoms with E-state index in [1.165, 1.54) is 0 Å². The average molecular weight is 422 g/mol. The first-order chi connectivity index (χ1) is 14.6. The van der Waals surface area contributed by atoms with E-state index in [1.807, 2.05) is 23.1 Å². The number of aryl methyl sites for hydroxylation is 1. The van der Waals surface area contributed by atoms with E-state index in [0.717, 1.165) is 37.1 Å². The summed E-state index contributed by atoms with van der Waals surface area (Å²) in [6.45, 7) is 1.87. The molecule has 6 heteroatoms. The van der Waals surface area contributed by atoms with Crippen molar-refractivity contribution >= 4 is 29.1 Å². The number of nitriles is 1. The number of hydrogen-bond acceptors (Lipinski definition) is 3. The van der Waals surface area contributed by atoms with E-state index in [-0.39, 0.29) is 17.7 Å². The van der Waals surface area contributed by atoms with Gasteiger partial charge in [-0.05, 0) is 80.1 Å². The standard InChI is InChI=1S/C24H24ClN3O2/c25-21-8-9-22-20(15-21)3-1-2-12-28(22)24(30)19-10-13-27(14-11-19)23(29)18-6-4-17(16-26)5-7-18/h4-9,15,19H,1-3,10-14H2. The smallest absolute Gasteiger partial charge is 0.253 e. The minimum Gasteiger partial charge on any atom is -0.339 e. The average Bonchev–Trinajstić information content (AvgIpc) is 3.00. The predicted octanol–water partition coefficient (Wildman–Crippen LogP) is 4.43. The molecule has 0 atom stereocenters. The van der Waals surface area contributed by atoms with Crippen molar-refractivity contribution in [1.82, 2.24) is 4.90 Å². The number of amides is 2. The Bertz CT molecular complexity index is 989. The van der Waals surface area contributed by atoms with Gasteiger partial charge in [-0.25, -0.2) is 0 Å². The van der Waals surface area contributed by atoms with E-state index in [1.54, 1.807) is 29.2 Å². The van der Waals surface area contributed by atoms with Crippen molar-refractivity contribution in [3.8, 4) is 6.07 Å². The Hall–Kier alpha value is -2.84. The number of benzene rings is 2. The molecule has 2 heterocycles. The Kier molecular flexibility index (Phi) is 6.06. The van der Waals surface area contributed by atoms with Gasteiger partial charge in [0, 0.05) is 41.8 Å². The molecule has 1 saturated heterocycles. The summed E-state index contributed by atoms with van der Waals surface area (Å²) in [5.41, 5.74) is 3.24. The molecule has 0 N–H and O–H groups in total. The van der Waals surface area contributed by atoms with Crippen molar-refractivity contribution in [3.63, 3.8) is 0 Å². The van der Waals surface area contributed by atoms with Gasteiger partial charge in [0.05, 0.1) is 11.6 Å². The van der Waals surface area contributed by atoms with Gasteiger partial charge < -0.3 is 9.80 Å². The van der Waals surface area contributed by atoms with Gasteiger partial charge in [0.15, 0.2) is 0 Å². The van der Waals surface area contributed by atoms with Gasteiger partial charge in [0.1, 0.15) is 0 Å². The van der Waals surface area contributed by atoms with Crippen molar-refractivity contribution in [3.05, 3.63) is 64.2 Å². The van der Waals surface area contributed by atoms with Crippen LogP contribution in [0.5, 0.6) is 0 Å². The largest absolute Gasteiger partial charge is 0.339 e. The van der Waals surface area contributed by atoms with E-state index in [0.29, 0.717) is 42.1 Å². The number of anilines is 1. The maximum atomic E-state index is 13.3. The molecular weight excluding hydrogens is 398 g/mol. The molecular formula is C24H24ClN3O2. The molecule has 0 unspecified atom stereocenters. The van der Waals surface area contributed by atoms with Crippen LogP contribution in [0.4, 0.5) is 5.69 Å². The van der Waals surface area contributed by atoms with Crippen LogP contribution in [0.15, 0.2) is 42.5 Å². The lowest BCUT2D eigenvalue weighted by atomic mass is 9.94. The highest BCUT2D eigenvalue weighted by molar-refractivity contribution is 6.30. The molecule has 0 saturated carbocycles. The normalized spacial score (nSPS) is 17.1. The molecule has 5 nitrogen and oxygen atoms in total. The van der Waals surface area contributed by atoms with Crippen LogP contribution >= 0.6 is 11.6 Å². The Morgan fingerprint density at radius 1 is 1.00 bits per heavy atom. The highest BCUT2D eigenvalue weighted by atomic mass is 35.5. The summed E-state index contributed by atoms with van der Waals surface area (Å²) >= 11 is 6.16. The number of rotatable bonds is 2. The molecule has 0 spiro atoms. The number of fused-ring (bicyclic) bond motifs is 1. The third-order valence-electron chi connectivity index (χ3n) is 6.07. The fraction of sp³-hybridized carbons (Fsp3) is 0.375. The number of hydrogen-bond donors (Lipinski definition) is 0. The molecule has 2 aromatic rings. The summed E-state index contributed by atoms with van der Waals surface area (Å²) in [6, 6.07) is 14.6. The Balaban J connectivity index is 1.42. The molecule has 0 radical (unpaired) electrons. The minimum absolute atomic E-state index is 0.0415. The second-order valence-corrected chi connectivity index (χ2v) is 8.41. The van der Waals surface area contributed by atoms with Crippen LogP contribution < -0.4 is 4.90 Å². The van der Waals surface area contributed by atoms with Crippen LogP contribution in [0.1, 0.15) is 47.2 Å². The number of piperidine rings is 1. The van der Waals surface area contributed by atoms with E-state index < -0.39 is 0 Å². The number of nitrogens with zero attached hydrogens (tertiary/aromatic N) is 3. The second-order valence-electron chi connectivity index (χ2n) is 7.98. The van der Waals surface area contributed by atoms with Crippen molar-refractivity contribution in [1.29, 1.82) is 5.26 Å². The third kappa shape index (κ3) is 4.20. The van der Waals surface area contributed by atoms with Crippen LogP contribution in [0.25, 0.3) is 0 Å². The maximum absolute atomic E-state index is 13.3. The molecule has 2 aliphatic rings. The highest BCUT2D eigenvalue weighted by Crippen LogP contribution is 2.32. The van der Waals surface area contributed by atoms with Gasteiger partial charge in [-0.1, -0.05) is 11.6 Å². The second kappa shape index (κ2) is 8.89.